The molecule has 0 bridgehead atoms. The summed E-state index contributed by atoms with van der Waals surface area (Å²) in [5.41, 5.74) is 0. The average molecular weight is 113 g/mol. The molecule has 0 aliphatic heterocycles. The molecule has 1 saturated carbocycles. The maximum atomic E-state index is 9.80. The van der Waals surface area contributed by atoms with Crippen molar-refractivity contribution in [2.45, 2.75) is 32.2 Å². The molecule has 0 aromatic heterocycles. The summed E-state index contributed by atoms with van der Waals surface area (Å²) in [6, 6.07) is 0.167. The predicted octanol–water partition coefficient (Wildman–Crippen LogP) is 1.94. The fraction of sp³-hybridized carbons (Fsp3) is 1.00. The van der Waals surface area contributed by atoms with E-state index in [1.807, 2.05) is 0 Å². The van der Waals surface area contributed by atoms with Gasteiger partial charge < -0.3 is 0 Å². The van der Waals surface area contributed by atoms with Crippen LogP contribution < -0.4 is 0 Å². The van der Waals surface area contributed by atoms with Crippen molar-refractivity contribution >= 4 is 0 Å². The number of nitrogens with zero attached hydrogens (tertiary/aromatic N) is 1. The summed E-state index contributed by atoms with van der Waals surface area (Å²) in [6.45, 7) is 2.16. The first-order chi connectivity index (χ1) is 3.86. The minimum Gasteiger partial charge on any atom is -0.151 e. The van der Waals surface area contributed by atoms with E-state index < -0.39 is 0 Å². The molecule has 0 N–H and O–H groups in total. The molecule has 1 aliphatic rings. The quantitative estimate of drug-likeness (QED) is 0.503. The second-order valence-electron chi connectivity index (χ2n) is 2.50. The second kappa shape index (κ2) is 2.25. The summed E-state index contributed by atoms with van der Waals surface area (Å²) in [6.07, 6.45) is 3.30. The van der Waals surface area contributed by atoms with Gasteiger partial charge in [-0.3, -0.25) is 0 Å². The van der Waals surface area contributed by atoms with Gasteiger partial charge in [-0.2, -0.15) is 4.91 Å². The molecular formula is C6H11NO. The van der Waals surface area contributed by atoms with E-state index in [4.69, 9.17) is 0 Å². The molecule has 1 fully saturated rings. The maximum Gasteiger partial charge on any atom is 0.0925 e. The molecule has 0 amide bonds. The smallest absolute Gasteiger partial charge is 0.0925 e. The summed E-state index contributed by atoms with van der Waals surface area (Å²) in [4.78, 5) is 9.80. The Bertz CT molecular complexity index is 86.5. The lowest BCUT2D eigenvalue weighted by Crippen LogP contribution is -2.25. The van der Waals surface area contributed by atoms with Crippen molar-refractivity contribution in [2.24, 2.45) is 11.1 Å². The first-order valence-corrected chi connectivity index (χ1v) is 3.19. The van der Waals surface area contributed by atoms with Gasteiger partial charge in [0, 0.05) is 0 Å². The van der Waals surface area contributed by atoms with Crippen LogP contribution >= 0.6 is 0 Å². The second-order valence-corrected chi connectivity index (χ2v) is 2.50. The summed E-state index contributed by atoms with van der Waals surface area (Å²) in [7, 11) is 0. The zero-order chi connectivity index (χ0) is 5.98. The van der Waals surface area contributed by atoms with Gasteiger partial charge in [0.1, 0.15) is 0 Å². The van der Waals surface area contributed by atoms with Crippen LogP contribution in [0.15, 0.2) is 5.18 Å². The number of nitroso groups, excluding NO2 is 1. The monoisotopic (exact) mass is 113 g/mol. The van der Waals surface area contributed by atoms with E-state index in [0.717, 1.165) is 18.8 Å². The van der Waals surface area contributed by atoms with E-state index in [1.54, 1.807) is 0 Å². The van der Waals surface area contributed by atoms with Crippen LogP contribution in [0.4, 0.5) is 0 Å². The van der Waals surface area contributed by atoms with Gasteiger partial charge in [-0.25, -0.2) is 0 Å². The van der Waals surface area contributed by atoms with Crippen molar-refractivity contribution in [3.63, 3.8) is 0 Å². The first-order valence-electron chi connectivity index (χ1n) is 3.19. The van der Waals surface area contributed by atoms with Crippen LogP contribution in [0.2, 0.25) is 0 Å². The molecule has 46 valence electrons. The largest absolute Gasteiger partial charge is 0.151 e. The van der Waals surface area contributed by atoms with Crippen LogP contribution in [-0.4, -0.2) is 6.04 Å². The third kappa shape index (κ3) is 0.881. The maximum absolute atomic E-state index is 9.80. The Kier molecular flexibility index (Phi) is 1.61. The van der Waals surface area contributed by atoms with Gasteiger partial charge in [-0.05, 0) is 18.8 Å². The van der Waals surface area contributed by atoms with E-state index in [1.165, 1.54) is 6.42 Å². The molecule has 0 radical (unpaired) electrons. The molecule has 0 heterocycles. The lowest BCUT2D eigenvalue weighted by atomic mass is 9.79. The molecule has 2 heteroatoms. The molecule has 1 rings (SSSR count). The summed E-state index contributed by atoms with van der Waals surface area (Å²) in [5.74, 6) is 0.803. The van der Waals surface area contributed by atoms with E-state index in [2.05, 4.69) is 12.1 Å². The average Bonchev–Trinajstić information content (AvgIpc) is 1.65. The molecule has 0 saturated heterocycles. The van der Waals surface area contributed by atoms with Gasteiger partial charge in [0.2, 0.25) is 0 Å². The summed E-state index contributed by atoms with van der Waals surface area (Å²) in [5, 5.41) is 2.94. The van der Waals surface area contributed by atoms with Crippen LogP contribution in [0.1, 0.15) is 26.2 Å². The fourth-order valence-electron chi connectivity index (χ4n) is 1.12. The molecule has 1 aliphatic carbocycles. The van der Waals surface area contributed by atoms with Crippen LogP contribution in [0.5, 0.6) is 0 Å². The fourth-order valence-corrected chi connectivity index (χ4v) is 1.12. The highest BCUT2D eigenvalue weighted by Gasteiger charge is 2.27. The Labute approximate surface area is 49.3 Å². The zero-order valence-electron chi connectivity index (χ0n) is 5.13. The third-order valence-corrected chi connectivity index (χ3v) is 1.94. The zero-order valence-corrected chi connectivity index (χ0v) is 5.13. The number of hydrogen-bond donors (Lipinski definition) is 0. The summed E-state index contributed by atoms with van der Waals surface area (Å²) >= 11 is 0. The Morgan fingerprint density at radius 2 is 2.25 bits per heavy atom. The molecule has 0 unspecified atom stereocenters. The van der Waals surface area contributed by atoms with E-state index in [0.29, 0.717) is 0 Å². The molecule has 0 aromatic rings. The standard InChI is InChI=1S/C6H11NO/c1-2-5-3-6(4-5)7-8/h5-6H,2-4H2,1H3. The SMILES string of the molecule is CCC1CC(N=O)C1. The lowest BCUT2D eigenvalue weighted by Gasteiger charge is -2.28. The van der Waals surface area contributed by atoms with Gasteiger partial charge in [-0.15, -0.1) is 0 Å². The highest BCUT2D eigenvalue weighted by Crippen LogP contribution is 2.31. The normalized spacial score (nSPS) is 36.1. The Morgan fingerprint density at radius 3 is 2.62 bits per heavy atom. The third-order valence-electron chi connectivity index (χ3n) is 1.94. The molecule has 0 atom stereocenters. The summed E-state index contributed by atoms with van der Waals surface area (Å²) < 4.78 is 0. The van der Waals surface area contributed by atoms with Gasteiger partial charge in [-0.1, -0.05) is 18.5 Å². The van der Waals surface area contributed by atoms with Gasteiger partial charge in [0.25, 0.3) is 0 Å². The molecule has 8 heavy (non-hydrogen) atoms. The Morgan fingerprint density at radius 1 is 1.62 bits per heavy atom. The van der Waals surface area contributed by atoms with Crippen molar-refractivity contribution in [3.05, 3.63) is 4.91 Å². The minimum absolute atomic E-state index is 0.167. The first kappa shape index (κ1) is 5.73. The van der Waals surface area contributed by atoms with Gasteiger partial charge in [0.05, 0.1) is 6.04 Å². The molecular weight excluding hydrogens is 102 g/mol. The van der Waals surface area contributed by atoms with Crippen molar-refractivity contribution in [2.75, 3.05) is 0 Å². The van der Waals surface area contributed by atoms with Crippen molar-refractivity contribution in [3.8, 4) is 0 Å². The number of rotatable bonds is 2. The van der Waals surface area contributed by atoms with Crippen LogP contribution in [0.25, 0.3) is 0 Å². The molecule has 0 spiro atoms. The van der Waals surface area contributed by atoms with Crippen LogP contribution in [0.3, 0.4) is 0 Å². The van der Waals surface area contributed by atoms with Gasteiger partial charge in [0.15, 0.2) is 0 Å². The van der Waals surface area contributed by atoms with Crippen molar-refractivity contribution in [1.29, 1.82) is 0 Å². The number of hydrogen-bond acceptors (Lipinski definition) is 2. The molecule has 2 nitrogen and oxygen atoms in total. The Balaban J connectivity index is 2.11. The van der Waals surface area contributed by atoms with Gasteiger partial charge >= 0.3 is 0 Å². The topological polar surface area (TPSA) is 29.4 Å². The van der Waals surface area contributed by atoms with Crippen molar-refractivity contribution in [1.82, 2.24) is 0 Å². The van der Waals surface area contributed by atoms with Crippen LogP contribution in [0, 0.1) is 10.8 Å². The van der Waals surface area contributed by atoms with E-state index in [9.17, 15) is 4.91 Å². The van der Waals surface area contributed by atoms with Crippen molar-refractivity contribution < 1.29 is 0 Å². The highest BCUT2D eigenvalue weighted by molar-refractivity contribution is 4.83. The Hall–Kier alpha value is -0.400. The van der Waals surface area contributed by atoms with Crippen LogP contribution in [-0.2, 0) is 0 Å². The minimum atomic E-state index is 0.167. The molecule has 0 aromatic carbocycles. The lowest BCUT2D eigenvalue weighted by molar-refractivity contribution is 0.258. The predicted molar refractivity (Wildman–Crippen MR) is 32.6 cm³/mol. The van der Waals surface area contributed by atoms with E-state index in [-0.39, 0.29) is 6.04 Å². The van der Waals surface area contributed by atoms with E-state index >= 15 is 0 Å². The highest BCUT2D eigenvalue weighted by atomic mass is 16.3.